The summed E-state index contributed by atoms with van der Waals surface area (Å²) in [6.45, 7) is 5.06. The van der Waals surface area contributed by atoms with Crippen molar-refractivity contribution in [1.29, 1.82) is 0 Å². The molecular formula is C17H24N2. The normalized spacial score (nSPS) is 34.4. The van der Waals surface area contributed by atoms with E-state index >= 15 is 0 Å². The molecule has 19 heavy (non-hydrogen) atoms. The maximum absolute atomic E-state index is 2.55. The van der Waals surface area contributed by atoms with Crippen LogP contribution in [0.25, 0.3) is 0 Å². The van der Waals surface area contributed by atoms with Crippen molar-refractivity contribution in [1.82, 2.24) is 4.90 Å². The zero-order chi connectivity index (χ0) is 12.9. The molecule has 0 spiro atoms. The van der Waals surface area contributed by atoms with Crippen LogP contribution in [0.15, 0.2) is 24.3 Å². The lowest BCUT2D eigenvalue weighted by Crippen LogP contribution is -2.29. The molecule has 0 bridgehead atoms. The molecular weight excluding hydrogens is 232 g/mol. The minimum atomic E-state index is 0.523. The van der Waals surface area contributed by atoms with Crippen LogP contribution in [0.1, 0.15) is 31.2 Å². The van der Waals surface area contributed by atoms with Gasteiger partial charge in [0, 0.05) is 37.3 Å². The predicted octanol–water partition coefficient (Wildman–Crippen LogP) is 2.88. The number of piperidine rings is 2. The Morgan fingerprint density at radius 3 is 2.42 bits per heavy atom. The van der Waals surface area contributed by atoms with Crippen molar-refractivity contribution in [2.75, 3.05) is 38.1 Å². The minimum Gasteiger partial charge on any atom is -0.372 e. The van der Waals surface area contributed by atoms with Gasteiger partial charge in [-0.1, -0.05) is 12.1 Å². The first-order valence-corrected chi connectivity index (χ1v) is 7.82. The minimum absolute atomic E-state index is 0.523. The molecule has 102 valence electrons. The molecule has 1 aliphatic carbocycles. The average Bonchev–Trinajstić information content (AvgIpc) is 3.03. The van der Waals surface area contributed by atoms with Crippen LogP contribution in [-0.4, -0.2) is 38.1 Å². The van der Waals surface area contributed by atoms with Crippen LogP contribution in [0.2, 0.25) is 0 Å². The van der Waals surface area contributed by atoms with E-state index in [1.165, 1.54) is 57.5 Å². The molecule has 2 atom stereocenters. The summed E-state index contributed by atoms with van der Waals surface area (Å²) >= 11 is 0. The fourth-order valence-corrected chi connectivity index (χ4v) is 4.34. The van der Waals surface area contributed by atoms with Gasteiger partial charge in [-0.05, 0) is 56.3 Å². The standard InChI is InChI=1S/C17H24N2/c1-18-12-15-11-17(15,13-18)14-5-7-16(8-6-14)19-9-3-2-4-10-19/h5-8,15H,2-4,9-13H2,1H3. The zero-order valence-electron chi connectivity index (χ0n) is 11.9. The van der Waals surface area contributed by atoms with Crippen molar-refractivity contribution in [3.05, 3.63) is 29.8 Å². The zero-order valence-corrected chi connectivity index (χ0v) is 11.9. The van der Waals surface area contributed by atoms with Gasteiger partial charge >= 0.3 is 0 Å². The van der Waals surface area contributed by atoms with Crippen LogP contribution >= 0.6 is 0 Å². The van der Waals surface area contributed by atoms with Crippen LogP contribution in [-0.2, 0) is 5.41 Å². The van der Waals surface area contributed by atoms with Gasteiger partial charge in [-0.3, -0.25) is 0 Å². The summed E-state index contributed by atoms with van der Waals surface area (Å²) in [5.41, 5.74) is 3.54. The van der Waals surface area contributed by atoms with E-state index in [4.69, 9.17) is 0 Å². The van der Waals surface area contributed by atoms with E-state index in [0.717, 1.165) is 5.92 Å². The summed E-state index contributed by atoms with van der Waals surface area (Å²) in [4.78, 5) is 5.04. The lowest BCUT2D eigenvalue weighted by molar-refractivity contribution is 0.363. The summed E-state index contributed by atoms with van der Waals surface area (Å²) < 4.78 is 0. The highest BCUT2D eigenvalue weighted by Gasteiger charge is 2.59. The molecule has 0 amide bonds. The molecule has 0 aromatic heterocycles. The number of likely N-dealkylation sites (tertiary alicyclic amines) is 1. The van der Waals surface area contributed by atoms with Crippen molar-refractivity contribution in [3.63, 3.8) is 0 Å². The average molecular weight is 256 g/mol. The Morgan fingerprint density at radius 1 is 1.05 bits per heavy atom. The second-order valence-corrected chi connectivity index (χ2v) is 6.85. The quantitative estimate of drug-likeness (QED) is 0.803. The summed E-state index contributed by atoms with van der Waals surface area (Å²) in [5, 5.41) is 0. The van der Waals surface area contributed by atoms with Gasteiger partial charge in [-0.2, -0.15) is 0 Å². The maximum atomic E-state index is 2.55. The molecule has 0 radical (unpaired) electrons. The largest absolute Gasteiger partial charge is 0.372 e. The Bertz CT molecular complexity index is 461. The monoisotopic (exact) mass is 256 g/mol. The van der Waals surface area contributed by atoms with Crippen LogP contribution < -0.4 is 4.90 Å². The SMILES string of the molecule is CN1CC2CC2(c2ccc(N3CCCCC3)cc2)C1. The molecule has 2 heteroatoms. The van der Waals surface area contributed by atoms with Crippen LogP contribution in [0.5, 0.6) is 0 Å². The second-order valence-electron chi connectivity index (χ2n) is 6.85. The van der Waals surface area contributed by atoms with Crippen molar-refractivity contribution in [3.8, 4) is 0 Å². The molecule has 1 aromatic carbocycles. The smallest absolute Gasteiger partial charge is 0.0366 e. The molecule has 3 aliphatic rings. The lowest BCUT2D eigenvalue weighted by atomic mass is 9.94. The fourth-order valence-electron chi connectivity index (χ4n) is 4.34. The van der Waals surface area contributed by atoms with Crippen molar-refractivity contribution < 1.29 is 0 Å². The van der Waals surface area contributed by atoms with E-state index in [0.29, 0.717) is 5.41 Å². The van der Waals surface area contributed by atoms with Gasteiger partial charge in [0.2, 0.25) is 0 Å². The topological polar surface area (TPSA) is 6.48 Å². The first-order valence-electron chi connectivity index (χ1n) is 7.82. The van der Waals surface area contributed by atoms with Crippen molar-refractivity contribution in [2.45, 2.75) is 31.1 Å². The highest BCUT2D eigenvalue weighted by atomic mass is 15.2. The van der Waals surface area contributed by atoms with E-state index in [9.17, 15) is 0 Å². The molecule has 2 unspecified atom stereocenters. The van der Waals surface area contributed by atoms with Gasteiger partial charge in [0.1, 0.15) is 0 Å². The Balaban J connectivity index is 1.53. The summed E-state index contributed by atoms with van der Waals surface area (Å²) in [6, 6.07) is 9.54. The number of hydrogen-bond acceptors (Lipinski definition) is 2. The number of rotatable bonds is 2. The fraction of sp³-hybridized carbons (Fsp3) is 0.647. The maximum Gasteiger partial charge on any atom is 0.0366 e. The van der Waals surface area contributed by atoms with Gasteiger partial charge in [-0.15, -0.1) is 0 Å². The first kappa shape index (κ1) is 11.8. The van der Waals surface area contributed by atoms with E-state index in [2.05, 4.69) is 41.1 Å². The molecule has 2 heterocycles. The number of fused-ring (bicyclic) bond motifs is 1. The van der Waals surface area contributed by atoms with E-state index in [-0.39, 0.29) is 0 Å². The first-order chi connectivity index (χ1) is 9.28. The Kier molecular flexibility index (Phi) is 2.63. The molecule has 2 aliphatic heterocycles. The number of anilines is 1. The van der Waals surface area contributed by atoms with Gasteiger partial charge in [0.05, 0.1) is 0 Å². The van der Waals surface area contributed by atoms with Crippen LogP contribution in [0.3, 0.4) is 0 Å². The highest BCUT2D eigenvalue weighted by molar-refractivity contribution is 5.50. The predicted molar refractivity (Wildman–Crippen MR) is 79.8 cm³/mol. The molecule has 0 N–H and O–H groups in total. The van der Waals surface area contributed by atoms with Gasteiger partial charge in [0.25, 0.3) is 0 Å². The van der Waals surface area contributed by atoms with Crippen LogP contribution in [0, 0.1) is 5.92 Å². The molecule has 1 saturated carbocycles. The Morgan fingerprint density at radius 2 is 1.79 bits per heavy atom. The third-order valence-corrected chi connectivity index (χ3v) is 5.48. The second kappa shape index (κ2) is 4.24. The molecule has 2 saturated heterocycles. The third kappa shape index (κ3) is 1.88. The number of nitrogens with zero attached hydrogens (tertiary/aromatic N) is 2. The van der Waals surface area contributed by atoms with Crippen molar-refractivity contribution in [2.24, 2.45) is 5.92 Å². The lowest BCUT2D eigenvalue weighted by Gasteiger charge is -2.29. The van der Waals surface area contributed by atoms with Gasteiger partial charge < -0.3 is 9.80 Å². The summed E-state index contributed by atoms with van der Waals surface area (Å²) in [6.07, 6.45) is 5.54. The van der Waals surface area contributed by atoms with Crippen LogP contribution in [0.4, 0.5) is 5.69 Å². The Labute approximate surface area is 116 Å². The Hall–Kier alpha value is -1.02. The molecule has 1 aromatic rings. The summed E-state index contributed by atoms with van der Waals surface area (Å²) in [7, 11) is 2.26. The van der Waals surface area contributed by atoms with Crippen molar-refractivity contribution >= 4 is 5.69 Å². The third-order valence-electron chi connectivity index (χ3n) is 5.48. The van der Waals surface area contributed by atoms with E-state index in [1.54, 1.807) is 5.56 Å². The molecule has 4 rings (SSSR count). The molecule has 3 fully saturated rings. The molecule has 2 nitrogen and oxygen atoms in total. The number of hydrogen-bond donors (Lipinski definition) is 0. The van der Waals surface area contributed by atoms with E-state index in [1.807, 2.05) is 0 Å². The van der Waals surface area contributed by atoms with Gasteiger partial charge in [0.15, 0.2) is 0 Å². The van der Waals surface area contributed by atoms with E-state index < -0.39 is 0 Å². The summed E-state index contributed by atoms with van der Waals surface area (Å²) in [5.74, 6) is 0.929. The highest BCUT2D eigenvalue weighted by Crippen LogP contribution is 2.58. The number of likely N-dealkylation sites (N-methyl/N-ethyl adjacent to an activating group) is 1. The van der Waals surface area contributed by atoms with Gasteiger partial charge in [-0.25, -0.2) is 0 Å². The number of benzene rings is 1.